The molecule has 0 bridgehead atoms. The second-order valence-corrected chi connectivity index (χ2v) is 7.11. The van der Waals surface area contributed by atoms with Gasteiger partial charge in [0.05, 0.1) is 0 Å². The van der Waals surface area contributed by atoms with Crippen LogP contribution in [0, 0.1) is 18.8 Å². The van der Waals surface area contributed by atoms with E-state index in [0.717, 1.165) is 36.4 Å². The Morgan fingerprint density at radius 2 is 1.92 bits per heavy atom. The standard InChI is InChI=1S/C20H31N3O2/c1-4-7-19(24)22-17-9-5-10-18(15(17)3)23-20(25)12-14(2)16-8-6-11-21-13-16/h5,9-10,14,16,21H,4,6-8,11-13H2,1-3H3,(H,22,24)(H,23,25). The van der Waals surface area contributed by atoms with Crippen molar-refractivity contribution in [2.45, 2.75) is 52.9 Å². The molecule has 1 saturated heterocycles. The average Bonchev–Trinajstić information content (AvgIpc) is 2.59. The molecule has 5 nitrogen and oxygen atoms in total. The van der Waals surface area contributed by atoms with E-state index < -0.39 is 0 Å². The first-order valence-electron chi connectivity index (χ1n) is 9.41. The number of amides is 2. The molecular weight excluding hydrogens is 314 g/mol. The molecule has 2 amide bonds. The van der Waals surface area contributed by atoms with Crippen molar-refractivity contribution >= 4 is 23.2 Å². The Morgan fingerprint density at radius 3 is 2.52 bits per heavy atom. The predicted molar refractivity (Wildman–Crippen MR) is 103 cm³/mol. The first kappa shape index (κ1) is 19.4. The van der Waals surface area contributed by atoms with Gasteiger partial charge in [0.25, 0.3) is 0 Å². The summed E-state index contributed by atoms with van der Waals surface area (Å²) in [5, 5.41) is 9.35. The quantitative estimate of drug-likeness (QED) is 0.706. The highest BCUT2D eigenvalue weighted by molar-refractivity contribution is 5.95. The first-order chi connectivity index (χ1) is 12.0. The lowest BCUT2D eigenvalue weighted by atomic mass is 9.85. The molecule has 2 unspecified atom stereocenters. The molecule has 0 radical (unpaired) electrons. The molecule has 2 atom stereocenters. The Hall–Kier alpha value is -1.88. The maximum Gasteiger partial charge on any atom is 0.224 e. The van der Waals surface area contributed by atoms with Gasteiger partial charge in [-0.2, -0.15) is 0 Å². The average molecular weight is 345 g/mol. The smallest absolute Gasteiger partial charge is 0.224 e. The normalized spacial score (nSPS) is 18.4. The third kappa shape index (κ3) is 5.85. The van der Waals surface area contributed by atoms with Crippen molar-refractivity contribution < 1.29 is 9.59 Å². The lowest BCUT2D eigenvalue weighted by Crippen LogP contribution is -2.34. The highest BCUT2D eigenvalue weighted by atomic mass is 16.2. The van der Waals surface area contributed by atoms with E-state index in [0.29, 0.717) is 24.7 Å². The van der Waals surface area contributed by atoms with Gasteiger partial charge in [-0.05, 0) is 68.8 Å². The number of carbonyl (C=O) groups is 2. The number of anilines is 2. The second kappa shape index (κ2) is 9.56. The van der Waals surface area contributed by atoms with Gasteiger partial charge in [0, 0.05) is 24.2 Å². The fraction of sp³-hybridized carbons (Fsp3) is 0.600. The number of hydrogen-bond donors (Lipinski definition) is 3. The van der Waals surface area contributed by atoms with E-state index in [1.54, 1.807) is 0 Å². The summed E-state index contributed by atoms with van der Waals surface area (Å²) >= 11 is 0. The third-order valence-corrected chi connectivity index (χ3v) is 5.01. The van der Waals surface area contributed by atoms with Crippen LogP contribution in [0.2, 0.25) is 0 Å². The number of benzene rings is 1. The molecule has 25 heavy (non-hydrogen) atoms. The Morgan fingerprint density at radius 1 is 1.24 bits per heavy atom. The summed E-state index contributed by atoms with van der Waals surface area (Å²) in [7, 11) is 0. The fourth-order valence-corrected chi connectivity index (χ4v) is 3.37. The van der Waals surface area contributed by atoms with E-state index >= 15 is 0 Å². The van der Waals surface area contributed by atoms with Crippen LogP contribution in [0.15, 0.2) is 18.2 Å². The molecule has 1 aromatic rings. The van der Waals surface area contributed by atoms with E-state index in [4.69, 9.17) is 0 Å². The monoisotopic (exact) mass is 345 g/mol. The van der Waals surface area contributed by atoms with Crippen LogP contribution in [0.5, 0.6) is 0 Å². The molecular formula is C20H31N3O2. The van der Waals surface area contributed by atoms with Gasteiger partial charge in [-0.25, -0.2) is 0 Å². The maximum atomic E-state index is 12.4. The Kier molecular flexibility index (Phi) is 7.44. The van der Waals surface area contributed by atoms with Crippen molar-refractivity contribution in [3.8, 4) is 0 Å². The topological polar surface area (TPSA) is 70.2 Å². The molecule has 0 aliphatic carbocycles. The molecule has 3 N–H and O–H groups in total. The van der Waals surface area contributed by atoms with Crippen LogP contribution in [-0.2, 0) is 9.59 Å². The van der Waals surface area contributed by atoms with Gasteiger partial charge in [0.1, 0.15) is 0 Å². The summed E-state index contributed by atoms with van der Waals surface area (Å²) in [5.74, 6) is 0.978. The van der Waals surface area contributed by atoms with E-state index in [9.17, 15) is 9.59 Å². The molecule has 2 rings (SSSR count). The molecule has 1 aliphatic heterocycles. The Bertz CT molecular complexity index is 595. The highest BCUT2D eigenvalue weighted by Crippen LogP contribution is 2.26. The zero-order valence-electron chi connectivity index (χ0n) is 15.7. The highest BCUT2D eigenvalue weighted by Gasteiger charge is 2.22. The molecule has 5 heteroatoms. The van der Waals surface area contributed by atoms with Crippen LogP contribution in [0.3, 0.4) is 0 Å². The van der Waals surface area contributed by atoms with Crippen molar-refractivity contribution in [1.29, 1.82) is 0 Å². The molecule has 1 aromatic carbocycles. The van der Waals surface area contributed by atoms with Crippen molar-refractivity contribution in [3.05, 3.63) is 23.8 Å². The fourth-order valence-electron chi connectivity index (χ4n) is 3.37. The van der Waals surface area contributed by atoms with Crippen molar-refractivity contribution in [3.63, 3.8) is 0 Å². The lowest BCUT2D eigenvalue weighted by molar-refractivity contribution is -0.117. The van der Waals surface area contributed by atoms with Gasteiger partial charge in [0.15, 0.2) is 0 Å². The molecule has 0 spiro atoms. The molecule has 138 valence electrons. The summed E-state index contributed by atoms with van der Waals surface area (Å²) in [6.45, 7) is 8.15. The van der Waals surface area contributed by atoms with Gasteiger partial charge in [-0.15, -0.1) is 0 Å². The Labute approximate surface area is 151 Å². The number of hydrogen-bond acceptors (Lipinski definition) is 3. The largest absolute Gasteiger partial charge is 0.326 e. The second-order valence-electron chi connectivity index (χ2n) is 7.11. The van der Waals surface area contributed by atoms with E-state index in [1.807, 2.05) is 32.0 Å². The summed E-state index contributed by atoms with van der Waals surface area (Å²) < 4.78 is 0. The van der Waals surface area contributed by atoms with Crippen molar-refractivity contribution in [2.75, 3.05) is 23.7 Å². The summed E-state index contributed by atoms with van der Waals surface area (Å²) in [5.41, 5.74) is 2.43. The minimum Gasteiger partial charge on any atom is -0.326 e. The minimum atomic E-state index is 0.00694. The van der Waals surface area contributed by atoms with Crippen LogP contribution in [0.25, 0.3) is 0 Å². The van der Waals surface area contributed by atoms with Gasteiger partial charge >= 0.3 is 0 Å². The predicted octanol–water partition coefficient (Wildman–Crippen LogP) is 3.70. The van der Waals surface area contributed by atoms with Gasteiger partial charge in [-0.3, -0.25) is 9.59 Å². The zero-order chi connectivity index (χ0) is 18.2. The molecule has 1 aliphatic rings. The van der Waals surface area contributed by atoms with Gasteiger partial charge in [0.2, 0.25) is 11.8 Å². The molecule has 1 heterocycles. The van der Waals surface area contributed by atoms with Gasteiger partial charge < -0.3 is 16.0 Å². The third-order valence-electron chi connectivity index (χ3n) is 5.01. The molecule has 1 fully saturated rings. The zero-order valence-corrected chi connectivity index (χ0v) is 15.7. The van der Waals surface area contributed by atoms with E-state index in [-0.39, 0.29) is 11.8 Å². The number of carbonyl (C=O) groups excluding carboxylic acids is 2. The summed E-state index contributed by atoms with van der Waals surface area (Å²) in [6, 6.07) is 5.61. The molecule has 0 aromatic heterocycles. The van der Waals surface area contributed by atoms with Gasteiger partial charge in [-0.1, -0.05) is 19.9 Å². The van der Waals surface area contributed by atoms with Crippen molar-refractivity contribution in [1.82, 2.24) is 5.32 Å². The van der Waals surface area contributed by atoms with Crippen molar-refractivity contribution in [2.24, 2.45) is 11.8 Å². The maximum absolute atomic E-state index is 12.4. The van der Waals surface area contributed by atoms with E-state index in [2.05, 4.69) is 22.9 Å². The lowest BCUT2D eigenvalue weighted by Gasteiger charge is -2.28. The van der Waals surface area contributed by atoms with Crippen LogP contribution in [0.4, 0.5) is 11.4 Å². The number of rotatable bonds is 7. The number of piperidine rings is 1. The first-order valence-corrected chi connectivity index (χ1v) is 9.41. The van der Waals surface area contributed by atoms with E-state index in [1.165, 1.54) is 12.8 Å². The van der Waals surface area contributed by atoms with Crippen LogP contribution in [-0.4, -0.2) is 24.9 Å². The summed E-state index contributed by atoms with van der Waals surface area (Å²) in [4.78, 5) is 24.2. The van der Waals surface area contributed by atoms with Crippen LogP contribution >= 0.6 is 0 Å². The van der Waals surface area contributed by atoms with Crippen LogP contribution in [0.1, 0.15) is 51.5 Å². The molecule has 0 saturated carbocycles. The Balaban J connectivity index is 1.94. The SMILES string of the molecule is CCCC(=O)Nc1cccc(NC(=O)CC(C)C2CCCNC2)c1C. The minimum absolute atomic E-state index is 0.00694. The summed E-state index contributed by atoms with van der Waals surface area (Å²) in [6.07, 6.45) is 4.23. The van der Waals surface area contributed by atoms with Crippen LogP contribution < -0.4 is 16.0 Å². The number of nitrogens with one attached hydrogen (secondary N) is 3.